The molecule has 1 aliphatic carbocycles. The number of pyridine rings is 1. The van der Waals surface area contributed by atoms with Crippen LogP contribution in [0, 0.1) is 13.8 Å². The lowest BCUT2D eigenvalue weighted by Crippen LogP contribution is -2.36. The monoisotopic (exact) mass is 545 g/mol. The standard InChI is InChI=1S/C29H25Cl2N5O2/c1-17-10-25(37)28-21-13-29(19-6-4-3-5-7-19,9-8-24(21)34-35(28)15-17)14-26(38)27-22(30)11-20(12-23(27)31)36-16-32-18(2)33-36/h3-7,10-12,15-16,37H,8-9,13-14H2,1-2H3. The Hall–Kier alpha value is -3.68. The van der Waals surface area contributed by atoms with E-state index in [4.69, 9.17) is 28.3 Å². The second-order valence-electron chi connectivity index (χ2n) is 10.1. The van der Waals surface area contributed by atoms with Crippen molar-refractivity contribution in [3.8, 4) is 11.4 Å². The van der Waals surface area contributed by atoms with Gasteiger partial charge >= 0.3 is 0 Å². The molecule has 38 heavy (non-hydrogen) atoms. The summed E-state index contributed by atoms with van der Waals surface area (Å²) in [6, 6.07) is 15.2. The van der Waals surface area contributed by atoms with Crippen LogP contribution in [-0.2, 0) is 18.3 Å². The fourth-order valence-corrected chi connectivity index (χ4v) is 6.37. The van der Waals surface area contributed by atoms with Crippen LogP contribution in [-0.4, -0.2) is 35.3 Å². The van der Waals surface area contributed by atoms with Crippen molar-refractivity contribution in [1.29, 1.82) is 0 Å². The van der Waals surface area contributed by atoms with E-state index >= 15 is 0 Å². The number of ketones is 1. The molecule has 192 valence electrons. The van der Waals surface area contributed by atoms with Crippen LogP contribution >= 0.6 is 23.2 Å². The highest BCUT2D eigenvalue weighted by Gasteiger charge is 2.41. The fourth-order valence-electron chi connectivity index (χ4n) is 5.68. The predicted molar refractivity (Wildman–Crippen MR) is 147 cm³/mol. The zero-order valence-electron chi connectivity index (χ0n) is 20.9. The lowest BCUT2D eigenvalue weighted by molar-refractivity contribution is 0.0942. The molecular formula is C29H25Cl2N5O2. The summed E-state index contributed by atoms with van der Waals surface area (Å²) in [6.07, 6.45) is 5.68. The van der Waals surface area contributed by atoms with Crippen LogP contribution in [0.4, 0.5) is 0 Å². The second-order valence-corrected chi connectivity index (χ2v) is 10.9. The van der Waals surface area contributed by atoms with Crippen molar-refractivity contribution < 1.29 is 9.90 Å². The van der Waals surface area contributed by atoms with Crippen molar-refractivity contribution in [2.75, 3.05) is 0 Å². The summed E-state index contributed by atoms with van der Waals surface area (Å²) in [4.78, 5) is 18.1. The van der Waals surface area contributed by atoms with Crippen molar-refractivity contribution in [2.24, 2.45) is 0 Å². The van der Waals surface area contributed by atoms with Gasteiger partial charge in [0, 0.05) is 23.6 Å². The number of carbonyl (C=O) groups is 1. The quantitative estimate of drug-likeness (QED) is 0.264. The van der Waals surface area contributed by atoms with Crippen molar-refractivity contribution in [3.05, 3.63) is 105 Å². The number of Topliss-reactive ketones (excluding diaryl/α,β-unsaturated/α-hetero) is 1. The van der Waals surface area contributed by atoms with E-state index in [1.807, 2.05) is 31.3 Å². The summed E-state index contributed by atoms with van der Waals surface area (Å²) in [6.45, 7) is 3.72. The molecule has 0 aliphatic heterocycles. The molecule has 1 N–H and O–H groups in total. The highest BCUT2D eigenvalue weighted by Crippen LogP contribution is 2.45. The first-order chi connectivity index (χ1) is 18.2. The first-order valence-corrected chi connectivity index (χ1v) is 13.2. The normalized spacial score (nSPS) is 17.1. The van der Waals surface area contributed by atoms with Gasteiger partial charge in [-0.3, -0.25) is 4.79 Å². The third kappa shape index (κ3) is 4.16. The SMILES string of the molecule is Cc1cc(O)c2c3c(nn2c1)CCC(CC(=O)c1c(Cl)cc(-n2cnc(C)n2)cc1Cl)(c1ccccc1)C3. The molecule has 0 saturated heterocycles. The van der Waals surface area contributed by atoms with Crippen LogP contribution in [0.1, 0.15) is 51.4 Å². The van der Waals surface area contributed by atoms with Gasteiger partial charge in [-0.15, -0.1) is 0 Å². The number of aromatic hydroxyl groups is 1. The maximum absolute atomic E-state index is 13.9. The number of benzene rings is 2. The summed E-state index contributed by atoms with van der Waals surface area (Å²) in [5, 5.41) is 20.4. The Balaban J connectivity index is 1.41. The molecule has 0 amide bonds. The highest BCUT2D eigenvalue weighted by molar-refractivity contribution is 6.40. The number of hydrogen-bond acceptors (Lipinski definition) is 5. The van der Waals surface area contributed by atoms with Crippen LogP contribution < -0.4 is 0 Å². The zero-order chi connectivity index (χ0) is 26.6. The van der Waals surface area contributed by atoms with E-state index in [1.165, 1.54) is 0 Å². The molecule has 1 unspecified atom stereocenters. The molecule has 5 aromatic rings. The maximum atomic E-state index is 13.9. The Kier molecular flexibility index (Phi) is 6.00. The molecule has 0 bridgehead atoms. The van der Waals surface area contributed by atoms with Gasteiger partial charge in [-0.05, 0) is 62.4 Å². The highest BCUT2D eigenvalue weighted by atomic mass is 35.5. The largest absolute Gasteiger partial charge is 0.506 e. The van der Waals surface area contributed by atoms with E-state index in [9.17, 15) is 9.90 Å². The summed E-state index contributed by atoms with van der Waals surface area (Å²) in [5.41, 5.74) is 5.03. The molecule has 1 atom stereocenters. The third-order valence-corrected chi connectivity index (χ3v) is 8.04. The molecule has 7 nitrogen and oxygen atoms in total. The van der Waals surface area contributed by atoms with Gasteiger partial charge in [0.05, 0.1) is 27.0 Å². The van der Waals surface area contributed by atoms with Crippen molar-refractivity contribution in [1.82, 2.24) is 24.4 Å². The van der Waals surface area contributed by atoms with Gasteiger partial charge in [0.1, 0.15) is 23.4 Å². The van der Waals surface area contributed by atoms with Crippen molar-refractivity contribution >= 4 is 34.5 Å². The van der Waals surface area contributed by atoms with Crippen molar-refractivity contribution in [2.45, 2.75) is 44.9 Å². The first kappa shape index (κ1) is 24.6. The summed E-state index contributed by atoms with van der Waals surface area (Å²) in [7, 11) is 0. The number of rotatable bonds is 5. The fraction of sp³-hybridized carbons (Fsp3) is 0.241. The third-order valence-electron chi connectivity index (χ3n) is 7.44. The van der Waals surface area contributed by atoms with E-state index in [2.05, 4.69) is 22.2 Å². The Morgan fingerprint density at radius 3 is 2.50 bits per heavy atom. The van der Waals surface area contributed by atoms with Crippen LogP contribution in [0.25, 0.3) is 11.2 Å². The van der Waals surface area contributed by atoms with E-state index in [0.717, 1.165) is 28.8 Å². The van der Waals surface area contributed by atoms with E-state index in [0.29, 0.717) is 35.4 Å². The van der Waals surface area contributed by atoms with Crippen LogP contribution in [0.15, 0.2) is 61.1 Å². The minimum atomic E-state index is -0.513. The number of carbonyl (C=O) groups excluding carboxylic acids is 1. The summed E-state index contributed by atoms with van der Waals surface area (Å²) < 4.78 is 3.34. The Morgan fingerprint density at radius 1 is 1.08 bits per heavy atom. The number of nitrogens with zero attached hydrogens (tertiary/aromatic N) is 5. The number of fused-ring (bicyclic) bond motifs is 3. The van der Waals surface area contributed by atoms with Gasteiger partial charge in [0.2, 0.25) is 0 Å². The molecule has 0 fully saturated rings. The van der Waals surface area contributed by atoms with Gasteiger partial charge in [-0.25, -0.2) is 14.2 Å². The van der Waals surface area contributed by atoms with Crippen molar-refractivity contribution in [3.63, 3.8) is 0 Å². The van der Waals surface area contributed by atoms with Crippen LogP contribution in [0.3, 0.4) is 0 Å². The predicted octanol–water partition coefficient (Wildman–Crippen LogP) is 6.24. The summed E-state index contributed by atoms with van der Waals surface area (Å²) >= 11 is 13.3. The first-order valence-electron chi connectivity index (χ1n) is 12.4. The molecule has 3 aromatic heterocycles. The molecule has 1 aliphatic rings. The maximum Gasteiger partial charge on any atom is 0.166 e. The second kappa shape index (κ2) is 9.26. The van der Waals surface area contributed by atoms with Gasteiger partial charge in [-0.2, -0.15) is 10.2 Å². The van der Waals surface area contributed by atoms with Gasteiger partial charge in [0.25, 0.3) is 0 Å². The molecule has 9 heteroatoms. The Bertz CT molecular complexity index is 1690. The van der Waals surface area contributed by atoms with Crippen LogP contribution in [0.5, 0.6) is 5.75 Å². The Morgan fingerprint density at radius 2 is 1.82 bits per heavy atom. The lowest BCUT2D eigenvalue weighted by atomic mass is 9.65. The average Bonchev–Trinajstić information content (AvgIpc) is 3.47. The molecule has 0 radical (unpaired) electrons. The number of aromatic nitrogens is 5. The average molecular weight is 546 g/mol. The van der Waals surface area contributed by atoms with Crippen LogP contribution in [0.2, 0.25) is 10.0 Å². The topological polar surface area (TPSA) is 85.3 Å². The number of hydrogen-bond donors (Lipinski definition) is 1. The van der Waals surface area contributed by atoms with E-state index in [1.54, 1.807) is 40.6 Å². The number of aryl methyl sites for hydroxylation is 3. The van der Waals surface area contributed by atoms with E-state index < -0.39 is 5.41 Å². The lowest BCUT2D eigenvalue weighted by Gasteiger charge is -2.37. The Labute approximate surface area is 229 Å². The van der Waals surface area contributed by atoms with E-state index in [-0.39, 0.29) is 28.0 Å². The molecular weight excluding hydrogens is 521 g/mol. The molecule has 0 spiro atoms. The minimum absolute atomic E-state index is 0.134. The molecule has 6 rings (SSSR count). The van der Waals surface area contributed by atoms with Gasteiger partial charge in [-0.1, -0.05) is 53.5 Å². The van der Waals surface area contributed by atoms with Gasteiger partial charge < -0.3 is 5.11 Å². The molecule has 0 saturated carbocycles. The molecule has 3 heterocycles. The van der Waals surface area contributed by atoms with Gasteiger partial charge in [0.15, 0.2) is 5.78 Å². The molecule has 2 aromatic carbocycles. The minimum Gasteiger partial charge on any atom is -0.506 e. The number of halogens is 2. The summed E-state index contributed by atoms with van der Waals surface area (Å²) in [5.74, 6) is 0.678. The smallest absolute Gasteiger partial charge is 0.166 e. The zero-order valence-corrected chi connectivity index (χ0v) is 22.5.